The van der Waals surface area contributed by atoms with Gasteiger partial charge in [-0.1, -0.05) is 29.3 Å². The van der Waals surface area contributed by atoms with E-state index in [9.17, 15) is 0 Å². The summed E-state index contributed by atoms with van der Waals surface area (Å²) in [6.45, 7) is 3.59. The number of halogens is 3. The van der Waals surface area contributed by atoms with Crippen LogP contribution in [0.15, 0.2) is 30.9 Å². The molecule has 72 valence electrons. The summed E-state index contributed by atoms with van der Waals surface area (Å²) in [6.07, 6.45) is 1.64. The topological polar surface area (TPSA) is 26.0 Å². The summed E-state index contributed by atoms with van der Waals surface area (Å²) in [7, 11) is 0. The molecule has 13 heavy (non-hydrogen) atoms. The zero-order valence-corrected chi connectivity index (χ0v) is 9.16. The quantitative estimate of drug-likeness (QED) is 0.783. The van der Waals surface area contributed by atoms with E-state index in [1.165, 1.54) is 0 Å². The molecule has 0 unspecified atom stereocenters. The third kappa shape index (κ3) is 3.57. The molecule has 0 saturated carbocycles. The fourth-order valence-corrected chi connectivity index (χ4v) is 1.45. The lowest BCUT2D eigenvalue weighted by Crippen LogP contribution is -2.05. The van der Waals surface area contributed by atoms with Crippen molar-refractivity contribution in [3.05, 3.63) is 46.5 Å². The van der Waals surface area contributed by atoms with Crippen molar-refractivity contribution in [3.63, 3.8) is 0 Å². The Morgan fingerprint density at radius 1 is 1.23 bits per heavy atom. The van der Waals surface area contributed by atoms with Crippen LogP contribution in [0.1, 0.15) is 11.6 Å². The van der Waals surface area contributed by atoms with Crippen LogP contribution < -0.4 is 5.73 Å². The van der Waals surface area contributed by atoms with Crippen LogP contribution in [0.4, 0.5) is 0 Å². The summed E-state index contributed by atoms with van der Waals surface area (Å²) < 4.78 is 0. The molecule has 1 aromatic rings. The lowest BCUT2D eigenvalue weighted by Gasteiger charge is -2.06. The third-order valence-electron chi connectivity index (χ3n) is 1.52. The molecule has 0 spiro atoms. The van der Waals surface area contributed by atoms with Gasteiger partial charge in [-0.2, -0.15) is 0 Å². The first-order chi connectivity index (χ1) is 5.63. The summed E-state index contributed by atoms with van der Waals surface area (Å²) in [5, 5.41) is 1.18. The molecular formula is C9H10Cl3N. The number of nitrogens with two attached hydrogens (primary N) is 1. The fourth-order valence-electron chi connectivity index (χ4n) is 0.904. The number of rotatable bonds is 2. The van der Waals surface area contributed by atoms with Crippen LogP contribution in [0.2, 0.25) is 10.0 Å². The van der Waals surface area contributed by atoms with Gasteiger partial charge in [0.1, 0.15) is 0 Å². The highest BCUT2D eigenvalue weighted by molar-refractivity contribution is 6.34. The third-order valence-corrected chi connectivity index (χ3v) is 1.96. The van der Waals surface area contributed by atoms with Gasteiger partial charge >= 0.3 is 0 Å². The number of hydrogen-bond acceptors (Lipinski definition) is 1. The van der Waals surface area contributed by atoms with E-state index < -0.39 is 0 Å². The van der Waals surface area contributed by atoms with Crippen molar-refractivity contribution in [2.45, 2.75) is 6.04 Å². The van der Waals surface area contributed by atoms with Crippen LogP contribution in [0, 0.1) is 0 Å². The van der Waals surface area contributed by atoms with Gasteiger partial charge in [-0.05, 0) is 23.8 Å². The second-order valence-electron chi connectivity index (χ2n) is 2.46. The predicted octanol–water partition coefficient (Wildman–Crippen LogP) is 3.60. The Labute approximate surface area is 93.9 Å². The zero-order valence-electron chi connectivity index (χ0n) is 6.84. The highest BCUT2D eigenvalue weighted by Gasteiger charge is 2.03. The van der Waals surface area contributed by atoms with Crippen LogP contribution in [-0.2, 0) is 0 Å². The molecule has 0 aliphatic carbocycles. The van der Waals surface area contributed by atoms with E-state index in [4.69, 9.17) is 28.9 Å². The van der Waals surface area contributed by atoms with E-state index in [-0.39, 0.29) is 18.4 Å². The van der Waals surface area contributed by atoms with Crippen LogP contribution in [-0.4, -0.2) is 0 Å². The number of hydrogen-bond donors (Lipinski definition) is 1. The molecule has 1 nitrogen and oxygen atoms in total. The van der Waals surface area contributed by atoms with Gasteiger partial charge in [-0.15, -0.1) is 19.0 Å². The Hall–Kier alpha value is -0.210. The van der Waals surface area contributed by atoms with Gasteiger partial charge in [0.15, 0.2) is 0 Å². The molecule has 4 heteroatoms. The number of benzene rings is 1. The van der Waals surface area contributed by atoms with E-state index in [2.05, 4.69) is 6.58 Å². The highest BCUT2D eigenvalue weighted by atomic mass is 35.5. The molecule has 0 aliphatic heterocycles. The summed E-state index contributed by atoms with van der Waals surface area (Å²) in [4.78, 5) is 0. The maximum atomic E-state index is 5.78. The Bertz CT molecular complexity index is 279. The molecule has 0 amide bonds. The van der Waals surface area contributed by atoms with Crippen LogP contribution in [0.5, 0.6) is 0 Å². The van der Waals surface area contributed by atoms with Gasteiger partial charge in [0.25, 0.3) is 0 Å². The van der Waals surface area contributed by atoms with Gasteiger partial charge in [0, 0.05) is 16.1 Å². The molecule has 1 atom stereocenters. The van der Waals surface area contributed by atoms with Crippen LogP contribution >= 0.6 is 35.6 Å². The first-order valence-corrected chi connectivity index (χ1v) is 4.23. The normalized spacial score (nSPS) is 11.6. The minimum Gasteiger partial charge on any atom is -0.321 e. The Kier molecular flexibility index (Phi) is 5.42. The van der Waals surface area contributed by atoms with Crippen molar-refractivity contribution < 1.29 is 0 Å². The van der Waals surface area contributed by atoms with Crippen molar-refractivity contribution in [2.24, 2.45) is 5.73 Å². The van der Waals surface area contributed by atoms with Gasteiger partial charge in [0.05, 0.1) is 0 Å². The largest absolute Gasteiger partial charge is 0.321 e. The Balaban J connectivity index is 0.00000144. The zero-order chi connectivity index (χ0) is 9.14. The van der Waals surface area contributed by atoms with E-state index in [1.807, 2.05) is 0 Å². The molecule has 1 rings (SSSR count). The molecular weight excluding hydrogens is 228 g/mol. The van der Waals surface area contributed by atoms with Crippen molar-refractivity contribution >= 4 is 35.6 Å². The lowest BCUT2D eigenvalue weighted by atomic mass is 10.1. The SMILES string of the molecule is C=C[C@@H](N)c1cc(Cl)cc(Cl)c1.Cl. The minimum atomic E-state index is -0.207. The van der Waals surface area contributed by atoms with Crippen molar-refractivity contribution in [1.29, 1.82) is 0 Å². The maximum absolute atomic E-state index is 5.78. The second-order valence-corrected chi connectivity index (χ2v) is 3.34. The summed E-state index contributed by atoms with van der Waals surface area (Å²) >= 11 is 11.6. The van der Waals surface area contributed by atoms with Crippen molar-refractivity contribution in [3.8, 4) is 0 Å². The summed E-state index contributed by atoms with van der Waals surface area (Å²) in [5.74, 6) is 0. The molecule has 1 aromatic carbocycles. The molecule has 0 fully saturated rings. The monoisotopic (exact) mass is 237 g/mol. The first kappa shape index (κ1) is 12.8. The highest BCUT2D eigenvalue weighted by Crippen LogP contribution is 2.22. The Morgan fingerprint density at radius 2 is 1.69 bits per heavy atom. The molecule has 0 heterocycles. The minimum absolute atomic E-state index is 0. The molecule has 0 bridgehead atoms. The average molecular weight is 239 g/mol. The standard InChI is InChI=1S/C9H9Cl2N.ClH/c1-2-9(12)6-3-7(10)5-8(11)4-6;/h2-5,9H,1,12H2;1H/t9-;/m1./s1. The van der Waals surface area contributed by atoms with Crippen LogP contribution in [0.3, 0.4) is 0 Å². The van der Waals surface area contributed by atoms with E-state index in [0.29, 0.717) is 10.0 Å². The van der Waals surface area contributed by atoms with Gasteiger partial charge < -0.3 is 5.73 Å². The van der Waals surface area contributed by atoms with Gasteiger partial charge in [-0.3, -0.25) is 0 Å². The average Bonchev–Trinajstić information content (AvgIpc) is 2.01. The molecule has 0 aromatic heterocycles. The fraction of sp³-hybridized carbons (Fsp3) is 0.111. The van der Waals surface area contributed by atoms with Crippen molar-refractivity contribution in [2.75, 3.05) is 0 Å². The van der Waals surface area contributed by atoms with E-state index in [1.54, 1.807) is 24.3 Å². The molecule has 2 N–H and O–H groups in total. The van der Waals surface area contributed by atoms with Crippen molar-refractivity contribution in [1.82, 2.24) is 0 Å². The summed E-state index contributed by atoms with van der Waals surface area (Å²) in [6, 6.07) is 5.02. The van der Waals surface area contributed by atoms with Gasteiger partial charge in [-0.25, -0.2) is 0 Å². The smallest absolute Gasteiger partial charge is 0.0479 e. The lowest BCUT2D eigenvalue weighted by molar-refractivity contribution is 0.915. The summed E-state index contributed by atoms with van der Waals surface area (Å²) in [5.41, 5.74) is 6.57. The van der Waals surface area contributed by atoms with E-state index >= 15 is 0 Å². The van der Waals surface area contributed by atoms with Gasteiger partial charge in [0.2, 0.25) is 0 Å². The molecule has 0 saturated heterocycles. The van der Waals surface area contributed by atoms with Crippen LogP contribution in [0.25, 0.3) is 0 Å². The second kappa shape index (κ2) is 5.51. The molecule has 0 aliphatic rings. The maximum Gasteiger partial charge on any atom is 0.0479 e. The van der Waals surface area contributed by atoms with E-state index in [0.717, 1.165) is 5.56 Å². The first-order valence-electron chi connectivity index (χ1n) is 3.47. The molecule has 0 radical (unpaired) electrons. The Morgan fingerprint density at radius 3 is 2.08 bits per heavy atom. The predicted molar refractivity (Wildman–Crippen MR) is 60.8 cm³/mol.